The fourth-order valence-electron chi connectivity index (χ4n) is 5.99. The molecule has 0 bridgehead atoms. The molecule has 51 heavy (non-hydrogen) atoms. The minimum atomic E-state index is -5.23. The number of carbonyl (C=O) groups excluding carboxylic acids is 1. The van der Waals surface area contributed by atoms with Crippen molar-refractivity contribution in [1.29, 1.82) is 0 Å². The lowest BCUT2D eigenvalue weighted by Gasteiger charge is -2.26. The summed E-state index contributed by atoms with van der Waals surface area (Å²) in [6, 6.07) is 8.81. The van der Waals surface area contributed by atoms with E-state index in [1.807, 2.05) is 0 Å². The van der Waals surface area contributed by atoms with E-state index in [9.17, 15) is 56.7 Å². The molecule has 0 fully saturated rings. The second kappa shape index (κ2) is 12.5. The Morgan fingerprint density at radius 2 is 1.24 bits per heavy atom. The first-order valence-corrected chi connectivity index (χ1v) is 20.0. The molecule has 0 unspecified atom stereocenters. The lowest BCUT2D eigenvalue weighted by Crippen LogP contribution is -2.25. The van der Waals surface area contributed by atoms with Crippen LogP contribution in [0.2, 0.25) is 0 Å². The van der Waals surface area contributed by atoms with Crippen LogP contribution in [-0.4, -0.2) is 57.8 Å². The van der Waals surface area contributed by atoms with Gasteiger partial charge in [0, 0.05) is 40.6 Å². The molecule has 0 saturated carbocycles. The van der Waals surface area contributed by atoms with Gasteiger partial charge in [-0.2, -0.15) is 33.7 Å². The molecular weight excluding hydrogens is 753 g/mol. The monoisotopic (exact) mass is 780 g/mol. The average molecular weight is 781 g/mol. The third-order valence-electron chi connectivity index (χ3n) is 7.99. The van der Waals surface area contributed by atoms with Crippen LogP contribution in [0.25, 0.3) is 12.2 Å². The van der Waals surface area contributed by atoms with E-state index in [2.05, 4.69) is 17.2 Å². The first kappa shape index (κ1) is 37.6. The number of fused-ring (bicyclic) bond motifs is 2. The minimum absolute atomic E-state index is 0.0291. The highest BCUT2D eigenvalue weighted by Crippen LogP contribution is 2.45. The number of carbonyl (C=O) groups is 1. The van der Waals surface area contributed by atoms with E-state index in [1.165, 1.54) is 39.0 Å². The van der Waals surface area contributed by atoms with Gasteiger partial charge in [0.1, 0.15) is 31.1 Å². The molecule has 4 aromatic carbocycles. The topological polar surface area (TPSA) is 268 Å². The van der Waals surface area contributed by atoms with Crippen LogP contribution in [-0.2, 0) is 45.3 Å². The summed E-state index contributed by atoms with van der Waals surface area (Å²) in [7, 11) is -20.1. The molecular formula is C31H28N2O14S4. The highest BCUT2D eigenvalue weighted by Gasteiger charge is 2.32. The zero-order chi connectivity index (χ0) is 38.2. The molecule has 1 heterocycles. The molecule has 16 nitrogen and oxygen atoms in total. The van der Waals surface area contributed by atoms with E-state index >= 15 is 0 Å². The molecule has 1 aliphatic rings. The fourth-order valence-corrected chi connectivity index (χ4v) is 8.98. The molecule has 6 N–H and O–H groups in total. The van der Waals surface area contributed by atoms with Gasteiger partial charge in [0.2, 0.25) is 5.91 Å². The van der Waals surface area contributed by atoms with E-state index in [4.69, 9.17) is 4.74 Å². The van der Waals surface area contributed by atoms with Gasteiger partial charge in [-0.15, -0.1) is 0 Å². The van der Waals surface area contributed by atoms with Gasteiger partial charge >= 0.3 is 0 Å². The summed E-state index contributed by atoms with van der Waals surface area (Å²) in [6.07, 6.45) is 0. The summed E-state index contributed by atoms with van der Waals surface area (Å²) in [4.78, 5) is 9.15. The van der Waals surface area contributed by atoms with Crippen molar-refractivity contribution in [3.8, 4) is 11.5 Å². The molecule has 0 atom stereocenters. The standard InChI is InChI=1S/C31H28N2O14S4/c1-14-10-23-20(11-26(14)49(38,39)40)28(19-8-6-7-9-25(19)48(35,36)37)21-12-27(50(41,42)43)22(13-24(21)47-23)33-30-15(2)29(32-18(5)34)16(3)31(17(30)4)51(44,45)46/h6-13,33H,1H2,2-5H3,(H,32,34)(H,35,36,37)(H,38,39,40)(H,41,42,43)(H,44,45,46). The van der Waals surface area contributed by atoms with Crippen molar-refractivity contribution in [1.82, 2.24) is 0 Å². The number of amides is 1. The number of hydrogen-bond acceptors (Lipinski definition) is 11. The molecule has 4 aromatic rings. The predicted molar refractivity (Wildman–Crippen MR) is 183 cm³/mol. The van der Waals surface area contributed by atoms with Crippen molar-refractivity contribution >= 4 is 75.6 Å². The van der Waals surface area contributed by atoms with Crippen molar-refractivity contribution < 1.29 is 61.4 Å². The number of nitrogens with one attached hydrogen (secondary N) is 2. The van der Waals surface area contributed by atoms with E-state index < -0.39 is 71.6 Å². The van der Waals surface area contributed by atoms with Crippen LogP contribution in [0, 0.1) is 20.8 Å². The van der Waals surface area contributed by atoms with Crippen molar-refractivity contribution in [2.45, 2.75) is 47.3 Å². The van der Waals surface area contributed by atoms with Crippen molar-refractivity contribution in [2.24, 2.45) is 0 Å². The molecule has 0 spiro atoms. The van der Waals surface area contributed by atoms with Crippen LogP contribution in [0.3, 0.4) is 0 Å². The average Bonchev–Trinajstić information content (AvgIpc) is 2.97. The van der Waals surface area contributed by atoms with Gasteiger partial charge < -0.3 is 15.4 Å². The maximum Gasteiger partial charge on any atom is 0.296 e. The molecule has 0 radical (unpaired) electrons. The number of benzene rings is 4. The maximum atomic E-state index is 13.0. The van der Waals surface area contributed by atoms with Crippen molar-refractivity contribution in [2.75, 3.05) is 10.6 Å². The first-order chi connectivity index (χ1) is 23.3. The smallest absolute Gasteiger partial charge is 0.296 e. The van der Waals surface area contributed by atoms with Gasteiger partial charge in [0.25, 0.3) is 40.5 Å². The Bertz CT molecular complexity index is 2800. The molecule has 0 saturated heterocycles. The highest BCUT2D eigenvalue weighted by molar-refractivity contribution is 7.86. The van der Waals surface area contributed by atoms with E-state index in [0.29, 0.717) is 0 Å². The van der Waals surface area contributed by atoms with Gasteiger partial charge in [-0.1, -0.05) is 24.8 Å². The largest absolute Gasteiger partial charge is 0.456 e. The lowest BCUT2D eigenvalue weighted by atomic mass is 9.92. The van der Waals surface area contributed by atoms with Gasteiger partial charge in [-0.25, -0.2) is 0 Å². The van der Waals surface area contributed by atoms with Gasteiger partial charge in [0.15, 0.2) is 0 Å². The second-order valence-electron chi connectivity index (χ2n) is 11.4. The van der Waals surface area contributed by atoms with Crippen molar-refractivity contribution in [3.05, 3.63) is 86.8 Å². The van der Waals surface area contributed by atoms with E-state index in [1.54, 1.807) is 0 Å². The summed E-state index contributed by atoms with van der Waals surface area (Å²) in [6.45, 7) is 8.86. The third kappa shape index (κ3) is 6.99. The van der Waals surface area contributed by atoms with Crippen LogP contribution >= 0.6 is 0 Å². The number of anilines is 3. The molecule has 1 amide bonds. The Kier molecular flexibility index (Phi) is 9.23. The summed E-state index contributed by atoms with van der Waals surface area (Å²) in [5.41, 5.74) is -1.27. The molecule has 1 aliphatic heterocycles. The lowest BCUT2D eigenvalue weighted by molar-refractivity contribution is -0.114. The second-order valence-corrected chi connectivity index (χ2v) is 17.0. The summed E-state index contributed by atoms with van der Waals surface area (Å²) in [5.74, 6) is -0.988. The zero-order valence-electron chi connectivity index (χ0n) is 26.8. The Morgan fingerprint density at radius 1 is 0.667 bits per heavy atom. The fraction of sp³-hybridized carbons (Fsp3) is 0.129. The van der Waals surface area contributed by atoms with Gasteiger partial charge in [-0.05, 0) is 66.9 Å². The van der Waals surface area contributed by atoms with E-state index in [0.717, 1.165) is 37.3 Å². The normalized spacial score (nSPS) is 13.2. The Balaban J connectivity index is 1.93. The van der Waals surface area contributed by atoms with Crippen LogP contribution in [0.4, 0.5) is 17.1 Å². The third-order valence-corrected chi connectivity index (χ3v) is 11.9. The van der Waals surface area contributed by atoms with Crippen LogP contribution in [0.1, 0.15) is 34.7 Å². The molecule has 0 aliphatic carbocycles. The highest BCUT2D eigenvalue weighted by atomic mass is 32.2. The number of ether oxygens (including phenoxy) is 1. The number of hydrogen-bond donors (Lipinski definition) is 6. The summed E-state index contributed by atoms with van der Waals surface area (Å²) >= 11 is 0. The summed E-state index contributed by atoms with van der Waals surface area (Å²) in [5, 5.41) is 4.81. The maximum absolute atomic E-state index is 13.0. The van der Waals surface area contributed by atoms with E-state index in [-0.39, 0.29) is 66.7 Å². The minimum Gasteiger partial charge on any atom is -0.456 e. The van der Waals surface area contributed by atoms with Gasteiger partial charge in [0.05, 0.1) is 11.4 Å². The predicted octanol–water partition coefficient (Wildman–Crippen LogP) is 3.06. The quantitative estimate of drug-likeness (QED) is 0.124. The Morgan fingerprint density at radius 3 is 1.78 bits per heavy atom. The van der Waals surface area contributed by atoms with Crippen LogP contribution in [0.15, 0.2) is 68.1 Å². The van der Waals surface area contributed by atoms with Gasteiger partial charge in [-0.3, -0.25) is 23.0 Å². The molecule has 20 heteroatoms. The number of rotatable bonds is 8. The first-order valence-electron chi connectivity index (χ1n) is 14.2. The van der Waals surface area contributed by atoms with Crippen LogP contribution < -0.4 is 25.8 Å². The summed E-state index contributed by atoms with van der Waals surface area (Å²) < 4.78 is 147. The molecule has 270 valence electrons. The van der Waals surface area contributed by atoms with Crippen LogP contribution in [0.5, 0.6) is 11.5 Å². The Hall–Kier alpha value is -4.67. The zero-order valence-corrected chi connectivity index (χ0v) is 30.1. The molecule has 0 aromatic heterocycles. The Labute approximate surface area is 292 Å². The molecule has 5 rings (SSSR count). The van der Waals surface area contributed by atoms with Crippen molar-refractivity contribution in [3.63, 3.8) is 0 Å². The SMILES string of the molecule is C=c1cc2c(cc1S(=O)(=O)O)=C(c1ccccc1S(=O)(=O)O)c1cc(S(=O)(=O)O)c(Nc3c(C)c(NC(C)=O)c(C)c(S(=O)(=O)O)c3C)cc1O2.